The molecule has 0 fully saturated rings. The van der Waals surface area contributed by atoms with Gasteiger partial charge in [0.1, 0.15) is 12.4 Å². The standard InChI is InChI=1S/C17H29NO2/c1-4-15(3)16-7-9-17(10-8-16)20-14-12-18-11-6-13-19-5-2/h7-10,15,18H,4-6,11-14H2,1-3H3. The third kappa shape index (κ3) is 6.92. The van der Waals surface area contributed by atoms with E-state index in [1.54, 1.807) is 0 Å². The Morgan fingerprint density at radius 2 is 1.80 bits per heavy atom. The molecule has 3 heteroatoms. The zero-order chi connectivity index (χ0) is 14.6. The smallest absolute Gasteiger partial charge is 0.119 e. The Balaban J connectivity index is 2.10. The molecular formula is C17H29NO2. The van der Waals surface area contributed by atoms with Crippen LogP contribution in [0.2, 0.25) is 0 Å². The molecule has 1 unspecified atom stereocenters. The molecule has 0 spiro atoms. The van der Waals surface area contributed by atoms with Crippen LogP contribution in [0.25, 0.3) is 0 Å². The summed E-state index contributed by atoms with van der Waals surface area (Å²) in [6, 6.07) is 8.46. The summed E-state index contributed by atoms with van der Waals surface area (Å²) in [6.45, 7) is 10.7. The van der Waals surface area contributed by atoms with E-state index < -0.39 is 0 Å². The first-order valence-electron chi connectivity index (χ1n) is 7.79. The molecule has 0 heterocycles. The minimum atomic E-state index is 0.621. The lowest BCUT2D eigenvalue weighted by Crippen LogP contribution is -2.23. The van der Waals surface area contributed by atoms with E-state index in [0.29, 0.717) is 12.5 Å². The van der Waals surface area contributed by atoms with Gasteiger partial charge in [0.15, 0.2) is 0 Å². The molecule has 20 heavy (non-hydrogen) atoms. The van der Waals surface area contributed by atoms with Gasteiger partial charge in [-0.25, -0.2) is 0 Å². The zero-order valence-electron chi connectivity index (χ0n) is 13.2. The van der Waals surface area contributed by atoms with Gasteiger partial charge in [0.25, 0.3) is 0 Å². The van der Waals surface area contributed by atoms with Gasteiger partial charge in [-0.15, -0.1) is 0 Å². The van der Waals surface area contributed by atoms with Crippen molar-refractivity contribution in [1.29, 1.82) is 0 Å². The van der Waals surface area contributed by atoms with Gasteiger partial charge in [-0.1, -0.05) is 26.0 Å². The van der Waals surface area contributed by atoms with Crippen LogP contribution in [-0.4, -0.2) is 32.9 Å². The maximum atomic E-state index is 5.71. The van der Waals surface area contributed by atoms with Crippen LogP contribution in [0.4, 0.5) is 0 Å². The number of hydrogen-bond donors (Lipinski definition) is 1. The first kappa shape index (κ1) is 17.0. The molecule has 1 atom stereocenters. The van der Waals surface area contributed by atoms with Gasteiger partial charge in [-0.2, -0.15) is 0 Å². The van der Waals surface area contributed by atoms with E-state index in [1.165, 1.54) is 12.0 Å². The van der Waals surface area contributed by atoms with Crippen LogP contribution in [0.5, 0.6) is 5.75 Å². The summed E-state index contributed by atoms with van der Waals surface area (Å²) in [7, 11) is 0. The van der Waals surface area contributed by atoms with E-state index in [9.17, 15) is 0 Å². The number of benzene rings is 1. The van der Waals surface area contributed by atoms with Gasteiger partial charge in [0.2, 0.25) is 0 Å². The average molecular weight is 279 g/mol. The fourth-order valence-corrected chi connectivity index (χ4v) is 1.94. The molecule has 114 valence electrons. The van der Waals surface area contributed by atoms with Crippen LogP contribution in [0.15, 0.2) is 24.3 Å². The third-order valence-electron chi connectivity index (χ3n) is 3.46. The maximum Gasteiger partial charge on any atom is 0.119 e. The predicted molar refractivity (Wildman–Crippen MR) is 84.6 cm³/mol. The van der Waals surface area contributed by atoms with Crippen LogP contribution < -0.4 is 10.1 Å². The van der Waals surface area contributed by atoms with Crippen molar-refractivity contribution in [2.24, 2.45) is 0 Å². The summed E-state index contributed by atoms with van der Waals surface area (Å²) in [5.74, 6) is 1.57. The van der Waals surface area contributed by atoms with Crippen molar-refractivity contribution >= 4 is 0 Å². The van der Waals surface area contributed by atoms with Crippen molar-refractivity contribution in [3.05, 3.63) is 29.8 Å². The van der Waals surface area contributed by atoms with Gasteiger partial charge in [0.05, 0.1) is 0 Å². The lowest BCUT2D eigenvalue weighted by molar-refractivity contribution is 0.144. The number of nitrogens with one attached hydrogen (secondary N) is 1. The Hall–Kier alpha value is -1.06. The molecule has 0 amide bonds. The quantitative estimate of drug-likeness (QED) is 0.628. The van der Waals surface area contributed by atoms with Crippen LogP contribution in [0, 0.1) is 0 Å². The van der Waals surface area contributed by atoms with Crippen molar-refractivity contribution in [1.82, 2.24) is 5.32 Å². The Morgan fingerprint density at radius 3 is 2.45 bits per heavy atom. The van der Waals surface area contributed by atoms with E-state index in [2.05, 4.69) is 43.4 Å². The van der Waals surface area contributed by atoms with Crippen molar-refractivity contribution in [3.63, 3.8) is 0 Å². The molecule has 0 radical (unpaired) electrons. The SMILES string of the molecule is CCOCCCNCCOc1ccc(C(C)CC)cc1. The average Bonchev–Trinajstić information content (AvgIpc) is 2.50. The first-order chi connectivity index (χ1) is 9.77. The Kier molecular flexibility index (Phi) is 9.09. The maximum absolute atomic E-state index is 5.71. The molecule has 1 aromatic carbocycles. The topological polar surface area (TPSA) is 30.5 Å². The van der Waals surface area contributed by atoms with E-state index in [-0.39, 0.29) is 0 Å². The summed E-state index contributed by atoms with van der Waals surface area (Å²) < 4.78 is 11.0. The Morgan fingerprint density at radius 1 is 1.05 bits per heavy atom. The molecule has 1 aromatic rings. The molecule has 1 N–H and O–H groups in total. The van der Waals surface area contributed by atoms with Gasteiger partial charge in [0, 0.05) is 19.8 Å². The Bertz CT molecular complexity index is 337. The number of ether oxygens (including phenoxy) is 2. The molecule has 0 aliphatic heterocycles. The monoisotopic (exact) mass is 279 g/mol. The lowest BCUT2D eigenvalue weighted by Gasteiger charge is -2.11. The zero-order valence-corrected chi connectivity index (χ0v) is 13.2. The highest BCUT2D eigenvalue weighted by atomic mass is 16.5. The van der Waals surface area contributed by atoms with Crippen LogP contribution in [0.3, 0.4) is 0 Å². The van der Waals surface area contributed by atoms with Gasteiger partial charge < -0.3 is 14.8 Å². The molecule has 0 saturated heterocycles. The summed E-state index contributed by atoms with van der Waals surface area (Å²) in [5, 5.41) is 3.35. The molecule has 0 bridgehead atoms. The fraction of sp³-hybridized carbons (Fsp3) is 0.647. The molecule has 1 rings (SSSR count). The van der Waals surface area contributed by atoms with E-state index in [0.717, 1.165) is 38.5 Å². The minimum Gasteiger partial charge on any atom is -0.492 e. The highest BCUT2D eigenvalue weighted by molar-refractivity contribution is 5.29. The van der Waals surface area contributed by atoms with Crippen molar-refractivity contribution in [2.45, 2.75) is 39.5 Å². The van der Waals surface area contributed by atoms with Crippen LogP contribution in [-0.2, 0) is 4.74 Å². The number of hydrogen-bond acceptors (Lipinski definition) is 3. The van der Waals surface area contributed by atoms with Crippen molar-refractivity contribution in [2.75, 3.05) is 32.9 Å². The number of rotatable bonds is 11. The normalized spacial score (nSPS) is 12.3. The molecule has 0 aromatic heterocycles. The van der Waals surface area contributed by atoms with Crippen molar-refractivity contribution in [3.8, 4) is 5.75 Å². The van der Waals surface area contributed by atoms with Crippen molar-refractivity contribution < 1.29 is 9.47 Å². The highest BCUT2D eigenvalue weighted by Crippen LogP contribution is 2.21. The Labute approximate surface area is 123 Å². The summed E-state index contributed by atoms with van der Waals surface area (Å²) >= 11 is 0. The largest absolute Gasteiger partial charge is 0.492 e. The first-order valence-corrected chi connectivity index (χ1v) is 7.79. The fourth-order valence-electron chi connectivity index (χ4n) is 1.94. The minimum absolute atomic E-state index is 0.621. The second-order valence-electron chi connectivity index (χ2n) is 5.03. The highest BCUT2D eigenvalue weighted by Gasteiger charge is 2.02. The van der Waals surface area contributed by atoms with Gasteiger partial charge in [-0.05, 0) is 49.9 Å². The lowest BCUT2D eigenvalue weighted by atomic mass is 9.99. The van der Waals surface area contributed by atoms with Crippen LogP contribution in [0.1, 0.15) is 45.1 Å². The van der Waals surface area contributed by atoms with Gasteiger partial charge >= 0.3 is 0 Å². The summed E-state index contributed by atoms with van der Waals surface area (Å²) in [6.07, 6.45) is 2.23. The summed E-state index contributed by atoms with van der Waals surface area (Å²) in [4.78, 5) is 0. The molecular weight excluding hydrogens is 250 g/mol. The molecule has 3 nitrogen and oxygen atoms in total. The second-order valence-corrected chi connectivity index (χ2v) is 5.03. The molecule has 0 saturated carbocycles. The van der Waals surface area contributed by atoms with E-state index in [1.807, 2.05) is 6.92 Å². The molecule has 0 aliphatic rings. The molecule has 0 aliphatic carbocycles. The summed E-state index contributed by atoms with van der Waals surface area (Å²) in [5.41, 5.74) is 1.38. The van der Waals surface area contributed by atoms with Gasteiger partial charge in [-0.3, -0.25) is 0 Å². The predicted octanol–water partition coefficient (Wildman–Crippen LogP) is 3.60. The third-order valence-corrected chi connectivity index (χ3v) is 3.46. The second kappa shape index (κ2) is 10.7. The van der Waals surface area contributed by atoms with E-state index in [4.69, 9.17) is 9.47 Å². The van der Waals surface area contributed by atoms with E-state index >= 15 is 0 Å². The van der Waals surface area contributed by atoms with Crippen LogP contribution >= 0.6 is 0 Å².